The zero-order valence-corrected chi connectivity index (χ0v) is 12.8. The van der Waals surface area contributed by atoms with E-state index in [-0.39, 0.29) is 6.07 Å². The van der Waals surface area contributed by atoms with Gasteiger partial charge in [-0.25, -0.2) is 0 Å². The van der Waals surface area contributed by atoms with Crippen LogP contribution in [0.15, 0.2) is 18.2 Å². The van der Waals surface area contributed by atoms with Crippen LogP contribution >= 0.6 is 0 Å². The molecular weight excluding hydrogens is 350 g/mol. The highest BCUT2D eigenvalue weighted by Gasteiger charge is 2.38. The molecule has 0 heterocycles. The molecule has 0 bridgehead atoms. The number of nitriles is 1. The second-order valence-corrected chi connectivity index (χ2v) is 5.89. The van der Waals surface area contributed by atoms with E-state index in [9.17, 15) is 31.1 Å². The molecule has 2 rings (SSSR count). The van der Waals surface area contributed by atoms with Crippen LogP contribution in [0.25, 0.3) is 0 Å². The number of alkyl halides is 6. The van der Waals surface area contributed by atoms with Gasteiger partial charge in [-0.15, -0.1) is 0 Å². The molecule has 0 saturated heterocycles. The SMILES string of the molecule is N#CC1CCCCC1NC(=O)c1cc(C(F)(F)F)cc(C(F)(F)F)c1. The first kappa shape index (κ1) is 19.1. The number of rotatable bonds is 2. The molecule has 1 aliphatic rings. The van der Waals surface area contributed by atoms with Crippen LogP contribution in [0.3, 0.4) is 0 Å². The minimum absolute atomic E-state index is 0.0323. The predicted molar refractivity (Wildman–Crippen MR) is 75.3 cm³/mol. The third-order valence-corrected chi connectivity index (χ3v) is 4.10. The highest BCUT2D eigenvalue weighted by molar-refractivity contribution is 5.95. The standard InChI is InChI=1S/C16H14F6N2O/c17-15(18,19)11-5-10(6-12(7-11)16(20,21)22)14(25)24-13-4-2-1-3-9(13)8-23/h5-7,9,13H,1-4H2,(H,24,25). The number of benzene rings is 1. The monoisotopic (exact) mass is 364 g/mol. The molecule has 1 fully saturated rings. The summed E-state index contributed by atoms with van der Waals surface area (Å²) in [7, 11) is 0. The van der Waals surface area contributed by atoms with Crippen LogP contribution in [0.2, 0.25) is 0 Å². The number of nitrogens with one attached hydrogen (secondary N) is 1. The lowest BCUT2D eigenvalue weighted by molar-refractivity contribution is -0.143. The summed E-state index contributed by atoms with van der Waals surface area (Å²) >= 11 is 0. The molecule has 1 aromatic rings. The van der Waals surface area contributed by atoms with Gasteiger partial charge in [0.05, 0.1) is 23.1 Å². The first-order valence-electron chi connectivity index (χ1n) is 7.52. The third kappa shape index (κ3) is 4.65. The van der Waals surface area contributed by atoms with Gasteiger partial charge in [0.25, 0.3) is 5.91 Å². The van der Waals surface area contributed by atoms with Gasteiger partial charge in [-0.3, -0.25) is 4.79 Å². The number of amides is 1. The lowest BCUT2D eigenvalue weighted by atomic mass is 9.85. The Morgan fingerprint density at radius 2 is 1.52 bits per heavy atom. The summed E-state index contributed by atoms with van der Waals surface area (Å²) in [6.45, 7) is 0. The van der Waals surface area contributed by atoms with Gasteiger partial charge in [0.2, 0.25) is 0 Å². The Morgan fingerprint density at radius 1 is 1.00 bits per heavy atom. The maximum atomic E-state index is 12.8. The highest BCUT2D eigenvalue weighted by atomic mass is 19.4. The van der Waals surface area contributed by atoms with E-state index in [1.807, 2.05) is 6.07 Å². The van der Waals surface area contributed by atoms with Crippen molar-refractivity contribution in [1.29, 1.82) is 5.26 Å². The Bertz CT molecular complexity index is 657. The van der Waals surface area contributed by atoms with Crippen LogP contribution in [0.1, 0.15) is 47.2 Å². The Labute approximate surface area is 139 Å². The van der Waals surface area contributed by atoms with Crippen LogP contribution in [0.4, 0.5) is 26.3 Å². The minimum Gasteiger partial charge on any atom is -0.348 e. The quantitative estimate of drug-likeness (QED) is 0.784. The van der Waals surface area contributed by atoms with E-state index in [0.717, 1.165) is 12.8 Å². The Kier molecular flexibility index (Phi) is 5.30. The van der Waals surface area contributed by atoms with Gasteiger partial charge in [0, 0.05) is 11.6 Å². The van der Waals surface area contributed by atoms with E-state index in [1.165, 1.54) is 0 Å². The molecule has 1 saturated carbocycles. The smallest absolute Gasteiger partial charge is 0.348 e. The predicted octanol–water partition coefficient (Wildman–Crippen LogP) is 4.54. The fraction of sp³-hybridized carbons (Fsp3) is 0.500. The molecule has 1 aliphatic carbocycles. The fourth-order valence-electron chi connectivity index (χ4n) is 2.80. The van der Waals surface area contributed by atoms with Gasteiger partial charge >= 0.3 is 12.4 Å². The summed E-state index contributed by atoms with van der Waals surface area (Å²) < 4.78 is 77.0. The van der Waals surface area contributed by atoms with Crippen LogP contribution in [0, 0.1) is 17.2 Å². The molecule has 0 radical (unpaired) electrons. The normalized spacial score (nSPS) is 21.5. The summed E-state index contributed by atoms with van der Waals surface area (Å²) in [5, 5.41) is 11.4. The number of hydrogen-bond donors (Lipinski definition) is 1. The first-order chi connectivity index (χ1) is 11.5. The summed E-state index contributed by atoms with van der Waals surface area (Å²) in [4.78, 5) is 12.2. The molecule has 2 atom stereocenters. The summed E-state index contributed by atoms with van der Waals surface area (Å²) in [6.07, 6.45) is -7.55. The second kappa shape index (κ2) is 6.94. The van der Waals surface area contributed by atoms with Gasteiger partial charge in [-0.05, 0) is 31.0 Å². The van der Waals surface area contributed by atoms with Crippen molar-refractivity contribution in [3.8, 4) is 6.07 Å². The summed E-state index contributed by atoms with van der Waals surface area (Å²) in [6, 6.07) is 2.15. The number of hydrogen-bond acceptors (Lipinski definition) is 2. The number of nitrogens with zero attached hydrogens (tertiary/aromatic N) is 1. The summed E-state index contributed by atoms with van der Waals surface area (Å²) in [5.74, 6) is -1.56. The van der Waals surface area contributed by atoms with Crippen LogP contribution in [0.5, 0.6) is 0 Å². The molecular formula is C16H14F6N2O. The fourth-order valence-corrected chi connectivity index (χ4v) is 2.80. The Hall–Kier alpha value is -2.24. The number of halogens is 6. The lowest BCUT2D eigenvalue weighted by Gasteiger charge is -2.27. The van der Waals surface area contributed by atoms with Gasteiger partial charge < -0.3 is 5.32 Å². The topological polar surface area (TPSA) is 52.9 Å². The molecule has 3 nitrogen and oxygen atoms in total. The van der Waals surface area contributed by atoms with Crippen molar-refractivity contribution in [3.05, 3.63) is 34.9 Å². The molecule has 1 amide bonds. The van der Waals surface area contributed by atoms with Crippen molar-refractivity contribution in [2.45, 2.75) is 44.1 Å². The largest absolute Gasteiger partial charge is 0.416 e. The molecule has 0 aromatic heterocycles. The van der Waals surface area contributed by atoms with E-state index >= 15 is 0 Å². The van der Waals surface area contributed by atoms with Crippen molar-refractivity contribution < 1.29 is 31.1 Å². The first-order valence-corrected chi connectivity index (χ1v) is 7.52. The maximum Gasteiger partial charge on any atom is 0.416 e. The Morgan fingerprint density at radius 3 is 2.00 bits per heavy atom. The zero-order valence-electron chi connectivity index (χ0n) is 12.8. The van der Waals surface area contributed by atoms with Crippen molar-refractivity contribution in [2.24, 2.45) is 5.92 Å². The van der Waals surface area contributed by atoms with Crippen LogP contribution < -0.4 is 5.32 Å². The molecule has 136 valence electrons. The second-order valence-electron chi connectivity index (χ2n) is 5.89. The molecule has 0 spiro atoms. The third-order valence-electron chi connectivity index (χ3n) is 4.10. The molecule has 2 unspecified atom stereocenters. The molecule has 1 N–H and O–H groups in total. The molecule has 1 aromatic carbocycles. The van der Waals surface area contributed by atoms with E-state index in [0.29, 0.717) is 25.0 Å². The minimum atomic E-state index is -5.02. The zero-order chi connectivity index (χ0) is 18.8. The number of carbonyl (C=O) groups is 1. The average molecular weight is 364 g/mol. The van der Waals surface area contributed by atoms with E-state index in [2.05, 4.69) is 5.32 Å². The Balaban J connectivity index is 2.33. The molecule has 25 heavy (non-hydrogen) atoms. The van der Waals surface area contributed by atoms with E-state index in [1.54, 1.807) is 0 Å². The van der Waals surface area contributed by atoms with Crippen molar-refractivity contribution >= 4 is 5.91 Å². The van der Waals surface area contributed by atoms with Crippen molar-refractivity contribution in [2.75, 3.05) is 0 Å². The van der Waals surface area contributed by atoms with Gasteiger partial charge in [-0.1, -0.05) is 12.8 Å². The van der Waals surface area contributed by atoms with Crippen LogP contribution in [-0.2, 0) is 12.4 Å². The molecule has 0 aliphatic heterocycles. The average Bonchev–Trinajstić information content (AvgIpc) is 2.53. The van der Waals surface area contributed by atoms with Gasteiger partial charge in [0.15, 0.2) is 0 Å². The summed E-state index contributed by atoms with van der Waals surface area (Å²) in [5.41, 5.74) is -3.83. The van der Waals surface area contributed by atoms with Crippen LogP contribution in [-0.4, -0.2) is 11.9 Å². The van der Waals surface area contributed by atoms with Crippen molar-refractivity contribution in [3.63, 3.8) is 0 Å². The number of carbonyl (C=O) groups excluding carboxylic acids is 1. The molecule has 9 heteroatoms. The highest BCUT2D eigenvalue weighted by Crippen LogP contribution is 2.36. The van der Waals surface area contributed by atoms with E-state index in [4.69, 9.17) is 5.26 Å². The lowest BCUT2D eigenvalue weighted by Crippen LogP contribution is -2.41. The van der Waals surface area contributed by atoms with E-state index < -0.39 is 46.9 Å². The van der Waals surface area contributed by atoms with Crippen molar-refractivity contribution in [1.82, 2.24) is 5.32 Å². The van der Waals surface area contributed by atoms with Gasteiger partial charge in [-0.2, -0.15) is 31.6 Å². The maximum absolute atomic E-state index is 12.8. The van der Waals surface area contributed by atoms with Gasteiger partial charge in [0.1, 0.15) is 0 Å².